The molecule has 2 atom stereocenters. The van der Waals surface area contributed by atoms with E-state index < -0.39 is 5.91 Å². The number of rotatable bonds is 6. The van der Waals surface area contributed by atoms with Crippen molar-refractivity contribution in [3.05, 3.63) is 36.4 Å². The number of nitrogens with zero attached hydrogens (tertiary/aromatic N) is 3. The number of hydrogen-bond donors (Lipinski definition) is 1. The molecule has 2 fully saturated rings. The molecule has 1 N–H and O–H groups in total. The van der Waals surface area contributed by atoms with E-state index in [1.54, 1.807) is 0 Å². The lowest BCUT2D eigenvalue weighted by Crippen LogP contribution is -2.44. The van der Waals surface area contributed by atoms with Gasteiger partial charge in [0, 0.05) is 31.5 Å². The molecule has 2 saturated heterocycles. The Hall–Kier alpha value is -3.20. The highest BCUT2D eigenvalue weighted by atomic mass is 16.5. The molecule has 2 aliphatic heterocycles. The van der Waals surface area contributed by atoms with E-state index in [9.17, 15) is 19.2 Å². The number of anilines is 2. The predicted octanol–water partition coefficient (Wildman–Crippen LogP) is 0.871. The summed E-state index contributed by atoms with van der Waals surface area (Å²) < 4.78 is 5.36. The molecule has 1 aliphatic carbocycles. The fourth-order valence-corrected chi connectivity index (χ4v) is 4.36. The van der Waals surface area contributed by atoms with Gasteiger partial charge in [-0.15, -0.1) is 0 Å². The van der Waals surface area contributed by atoms with Crippen LogP contribution in [0.25, 0.3) is 0 Å². The first-order valence-electron chi connectivity index (χ1n) is 10.9. The molecule has 1 aromatic carbocycles. The first kappa shape index (κ1) is 22.0. The second-order valence-corrected chi connectivity index (χ2v) is 8.36. The number of carbonyl (C=O) groups is 4. The molecule has 0 radical (unpaired) electrons. The molecule has 170 valence electrons. The highest BCUT2D eigenvalue weighted by Crippen LogP contribution is 2.34. The van der Waals surface area contributed by atoms with Crippen LogP contribution < -0.4 is 10.2 Å². The fourth-order valence-electron chi connectivity index (χ4n) is 4.36. The molecule has 1 aromatic rings. The van der Waals surface area contributed by atoms with Crippen LogP contribution in [0.3, 0.4) is 0 Å². The van der Waals surface area contributed by atoms with Crippen molar-refractivity contribution in [2.75, 3.05) is 56.7 Å². The number of likely N-dealkylation sites (N-methyl/N-ethyl adjacent to an activating group) is 1. The van der Waals surface area contributed by atoms with Crippen molar-refractivity contribution in [2.45, 2.75) is 12.8 Å². The lowest BCUT2D eigenvalue weighted by Gasteiger charge is -2.29. The molecule has 0 unspecified atom stereocenters. The van der Waals surface area contributed by atoms with Crippen molar-refractivity contribution in [2.24, 2.45) is 11.8 Å². The Kier molecular flexibility index (Phi) is 6.55. The van der Waals surface area contributed by atoms with E-state index in [2.05, 4.69) is 10.2 Å². The fraction of sp³-hybridized carbons (Fsp3) is 0.478. The molecule has 0 bridgehead atoms. The summed E-state index contributed by atoms with van der Waals surface area (Å²) in [5, 5.41) is 2.78. The molecule has 2 heterocycles. The van der Waals surface area contributed by atoms with Gasteiger partial charge in [0.15, 0.2) is 0 Å². The Bertz CT molecular complexity index is 897. The summed E-state index contributed by atoms with van der Waals surface area (Å²) in [6, 6.07) is 7.52. The molecule has 4 rings (SSSR count). The maximum absolute atomic E-state index is 12.6. The Morgan fingerprint density at radius 1 is 1.03 bits per heavy atom. The van der Waals surface area contributed by atoms with Crippen molar-refractivity contribution < 1.29 is 23.9 Å². The van der Waals surface area contributed by atoms with Crippen LogP contribution in [-0.2, 0) is 23.9 Å². The van der Waals surface area contributed by atoms with Crippen LogP contribution in [-0.4, -0.2) is 79.9 Å². The minimum Gasteiger partial charge on any atom is -0.378 e. The summed E-state index contributed by atoms with van der Waals surface area (Å²) >= 11 is 0. The number of likely N-dealkylation sites (tertiary alicyclic amines) is 1. The number of carbonyl (C=O) groups excluding carboxylic acids is 4. The van der Waals surface area contributed by atoms with E-state index in [1.165, 1.54) is 11.9 Å². The van der Waals surface area contributed by atoms with E-state index >= 15 is 0 Å². The van der Waals surface area contributed by atoms with Gasteiger partial charge < -0.3 is 19.9 Å². The van der Waals surface area contributed by atoms with Crippen molar-refractivity contribution in [3.63, 3.8) is 0 Å². The maximum atomic E-state index is 12.6. The number of benzene rings is 1. The van der Waals surface area contributed by atoms with Gasteiger partial charge in [-0.2, -0.15) is 0 Å². The number of nitrogens with one attached hydrogen (secondary N) is 1. The van der Waals surface area contributed by atoms with Gasteiger partial charge in [-0.3, -0.25) is 24.1 Å². The van der Waals surface area contributed by atoms with E-state index in [0.29, 0.717) is 31.7 Å². The van der Waals surface area contributed by atoms with Crippen LogP contribution in [0.5, 0.6) is 0 Å². The van der Waals surface area contributed by atoms with Crippen molar-refractivity contribution >= 4 is 35.0 Å². The second-order valence-electron chi connectivity index (χ2n) is 8.36. The normalized spacial score (nSPS) is 22.7. The quantitative estimate of drug-likeness (QED) is 0.521. The lowest BCUT2D eigenvalue weighted by atomic mass is 9.85. The van der Waals surface area contributed by atoms with Gasteiger partial charge >= 0.3 is 0 Å². The van der Waals surface area contributed by atoms with Crippen LogP contribution in [0.4, 0.5) is 11.4 Å². The standard InChI is InChI=1S/C23H28N4O5/c1-25(21(29)15-27-22(30)18-4-2-3-5-19(18)23(27)31)14-20(28)24-16-6-8-17(9-7-16)26-10-12-32-13-11-26/h2-3,6-9,18-19H,4-5,10-15H2,1H3,(H,24,28)/t18-,19+. The van der Waals surface area contributed by atoms with E-state index in [1.807, 2.05) is 36.4 Å². The SMILES string of the molecule is CN(CC(=O)Nc1ccc(N2CCOCC2)cc1)C(=O)CN1C(=O)[C@H]2CC=CC[C@H]2C1=O. The topological polar surface area (TPSA) is 99.3 Å². The predicted molar refractivity (Wildman–Crippen MR) is 118 cm³/mol. The zero-order chi connectivity index (χ0) is 22.7. The van der Waals surface area contributed by atoms with Crippen LogP contribution in [0.15, 0.2) is 36.4 Å². The number of hydrogen-bond acceptors (Lipinski definition) is 6. The number of morpholine rings is 1. The Balaban J connectivity index is 1.27. The monoisotopic (exact) mass is 440 g/mol. The summed E-state index contributed by atoms with van der Waals surface area (Å²) in [5.41, 5.74) is 1.70. The number of allylic oxidation sites excluding steroid dienone is 2. The molecule has 0 aromatic heterocycles. The zero-order valence-corrected chi connectivity index (χ0v) is 18.2. The first-order chi connectivity index (χ1) is 15.4. The Morgan fingerprint density at radius 2 is 1.62 bits per heavy atom. The summed E-state index contributed by atoms with van der Waals surface area (Å²) in [7, 11) is 1.49. The third-order valence-corrected chi connectivity index (χ3v) is 6.23. The number of amides is 4. The van der Waals surface area contributed by atoms with Crippen molar-refractivity contribution in [1.29, 1.82) is 0 Å². The summed E-state index contributed by atoms with van der Waals surface area (Å²) in [6.45, 7) is 2.56. The van der Waals surface area contributed by atoms with Gasteiger partial charge in [0.05, 0.1) is 31.6 Å². The van der Waals surface area contributed by atoms with E-state index in [0.717, 1.165) is 23.7 Å². The highest BCUT2D eigenvalue weighted by molar-refractivity contribution is 6.07. The molecular formula is C23H28N4O5. The van der Waals surface area contributed by atoms with Crippen LogP contribution in [0, 0.1) is 11.8 Å². The minimum absolute atomic E-state index is 0.172. The number of imide groups is 1. The molecule has 0 spiro atoms. The Labute approximate surface area is 187 Å². The van der Waals surface area contributed by atoms with Gasteiger partial charge in [0.25, 0.3) is 0 Å². The average molecular weight is 441 g/mol. The van der Waals surface area contributed by atoms with Gasteiger partial charge in [0.2, 0.25) is 23.6 Å². The average Bonchev–Trinajstić information content (AvgIpc) is 3.05. The number of ether oxygens (including phenoxy) is 1. The van der Waals surface area contributed by atoms with Crippen LogP contribution in [0.1, 0.15) is 12.8 Å². The van der Waals surface area contributed by atoms with Gasteiger partial charge in [-0.1, -0.05) is 12.2 Å². The molecule has 4 amide bonds. The van der Waals surface area contributed by atoms with E-state index in [4.69, 9.17) is 4.74 Å². The maximum Gasteiger partial charge on any atom is 0.243 e. The lowest BCUT2D eigenvalue weighted by molar-refractivity contribution is -0.146. The summed E-state index contributed by atoms with van der Waals surface area (Å²) in [4.78, 5) is 54.5. The van der Waals surface area contributed by atoms with Gasteiger partial charge in [-0.25, -0.2) is 0 Å². The molecule has 9 nitrogen and oxygen atoms in total. The van der Waals surface area contributed by atoms with Crippen molar-refractivity contribution in [3.8, 4) is 0 Å². The largest absolute Gasteiger partial charge is 0.378 e. The zero-order valence-electron chi connectivity index (χ0n) is 18.2. The number of fused-ring (bicyclic) bond motifs is 1. The van der Waals surface area contributed by atoms with E-state index in [-0.39, 0.29) is 42.6 Å². The van der Waals surface area contributed by atoms with Crippen molar-refractivity contribution in [1.82, 2.24) is 9.80 Å². The summed E-state index contributed by atoms with van der Waals surface area (Å²) in [6.07, 6.45) is 4.87. The van der Waals surface area contributed by atoms with Gasteiger partial charge in [0.1, 0.15) is 6.54 Å². The third kappa shape index (κ3) is 4.67. The van der Waals surface area contributed by atoms with Crippen LogP contribution in [0.2, 0.25) is 0 Å². The second kappa shape index (κ2) is 9.52. The summed E-state index contributed by atoms with van der Waals surface area (Å²) in [5.74, 6) is -2.12. The molecule has 32 heavy (non-hydrogen) atoms. The van der Waals surface area contributed by atoms with Gasteiger partial charge in [-0.05, 0) is 37.1 Å². The smallest absolute Gasteiger partial charge is 0.243 e. The minimum atomic E-state index is -0.448. The molecule has 0 saturated carbocycles. The third-order valence-electron chi connectivity index (χ3n) is 6.23. The molecule has 3 aliphatic rings. The molecule has 9 heteroatoms. The molecular weight excluding hydrogens is 412 g/mol. The first-order valence-corrected chi connectivity index (χ1v) is 10.9. The highest BCUT2D eigenvalue weighted by Gasteiger charge is 2.47. The Morgan fingerprint density at radius 3 is 2.22 bits per heavy atom. The van der Waals surface area contributed by atoms with Crippen LogP contribution >= 0.6 is 0 Å².